The molecule has 0 unspecified atom stereocenters. The van der Waals surface area contributed by atoms with Gasteiger partial charge in [-0.1, -0.05) is 81.4 Å². The minimum Gasteiger partial charge on any atom is -0.413 e. The molecule has 0 aromatic heterocycles. The molecule has 0 radical (unpaired) electrons. The molecule has 39 heavy (non-hydrogen) atoms. The fraction of sp³-hybridized carbons (Fsp3) is 0.562. The molecule has 2 aromatic carbocycles. The van der Waals surface area contributed by atoms with Crippen molar-refractivity contribution in [2.45, 2.75) is 104 Å². The molecule has 1 N–H and O–H groups in total. The molecule has 0 saturated heterocycles. The van der Waals surface area contributed by atoms with Crippen LogP contribution in [0.25, 0.3) is 0 Å². The molecule has 0 saturated carbocycles. The Morgan fingerprint density at radius 1 is 0.769 bits per heavy atom. The number of carbonyl (C=O) groups is 2. The normalized spacial score (nSPS) is 13.2. The lowest BCUT2D eigenvalue weighted by molar-refractivity contribution is -0.119. The quantitative estimate of drug-likeness (QED) is 0.178. The second-order valence-corrected chi connectivity index (χ2v) is 16.4. The van der Waals surface area contributed by atoms with Crippen molar-refractivity contribution in [2.75, 3.05) is 13.2 Å². The Kier molecular flexibility index (Phi) is 16.3. The van der Waals surface area contributed by atoms with E-state index in [1.807, 2.05) is 48.5 Å². The third-order valence-corrected chi connectivity index (χ3v) is 11.2. The zero-order valence-corrected chi connectivity index (χ0v) is 26.1. The van der Waals surface area contributed by atoms with E-state index in [9.17, 15) is 14.7 Å². The van der Waals surface area contributed by atoms with Crippen molar-refractivity contribution in [3.8, 4) is 0 Å². The van der Waals surface area contributed by atoms with E-state index < -0.39 is 14.4 Å². The topological polar surface area (TPSA) is 82.1 Å². The van der Waals surface area contributed by atoms with E-state index in [2.05, 4.69) is 46.0 Å². The van der Waals surface area contributed by atoms with E-state index >= 15 is 0 Å². The largest absolute Gasteiger partial charge is 0.413 e. The highest BCUT2D eigenvalue weighted by molar-refractivity contribution is 6.74. The van der Waals surface area contributed by atoms with Gasteiger partial charge in [-0.05, 0) is 55.9 Å². The number of rotatable bonds is 16. The molecule has 2 aromatic rings. The fourth-order valence-electron chi connectivity index (χ4n) is 3.51. The van der Waals surface area contributed by atoms with E-state index in [0.717, 1.165) is 12.0 Å². The van der Waals surface area contributed by atoms with Gasteiger partial charge in [-0.2, -0.15) is 0 Å². The van der Waals surface area contributed by atoms with Crippen LogP contribution in [0.15, 0.2) is 60.7 Å². The average Bonchev–Trinajstić information content (AvgIpc) is 2.84. The van der Waals surface area contributed by atoms with Crippen LogP contribution in [0.3, 0.4) is 0 Å². The van der Waals surface area contributed by atoms with Gasteiger partial charge in [0.1, 0.15) is 11.6 Å². The van der Waals surface area contributed by atoms with Crippen molar-refractivity contribution >= 4 is 19.9 Å². The second-order valence-electron chi connectivity index (χ2n) is 11.6. The Bertz CT molecular complexity index is 940. The van der Waals surface area contributed by atoms with Crippen molar-refractivity contribution < 1.29 is 28.6 Å². The summed E-state index contributed by atoms with van der Waals surface area (Å²) in [6, 6.07) is 20.0. The van der Waals surface area contributed by atoms with Crippen molar-refractivity contribution in [1.29, 1.82) is 0 Å². The zero-order valence-electron chi connectivity index (χ0n) is 25.1. The van der Waals surface area contributed by atoms with E-state index in [-0.39, 0.29) is 29.1 Å². The molecule has 2 rings (SSSR count). The molecule has 0 amide bonds. The van der Waals surface area contributed by atoms with Crippen LogP contribution in [0.2, 0.25) is 18.1 Å². The van der Waals surface area contributed by atoms with Gasteiger partial charge in [0.05, 0.1) is 25.4 Å². The monoisotopic (exact) mass is 558 g/mol. The number of hydrogen-bond acceptors (Lipinski definition) is 6. The molecule has 0 aliphatic rings. The first-order valence-electron chi connectivity index (χ1n) is 13.9. The molecule has 2 atom stereocenters. The molecule has 0 aliphatic carbocycles. The highest BCUT2D eigenvalue weighted by Gasteiger charge is 2.39. The number of aliphatic hydroxyl groups excluding tert-OH is 1. The van der Waals surface area contributed by atoms with Gasteiger partial charge in [-0.25, -0.2) is 0 Å². The molecular weight excluding hydrogens is 508 g/mol. The molecule has 0 aliphatic heterocycles. The number of Topliss-reactive ketones (excluding diaryl/α,β-unsaturated/α-hetero) is 2. The van der Waals surface area contributed by atoms with E-state index in [0.29, 0.717) is 39.3 Å². The third-order valence-electron chi connectivity index (χ3n) is 6.71. The van der Waals surface area contributed by atoms with Crippen LogP contribution in [0, 0.1) is 0 Å². The van der Waals surface area contributed by atoms with Crippen LogP contribution < -0.4 is 0 Å². The standard InChI is InChI=1S/C19H32O3Si.C13H18O3/c1-16(20)14-18(22-23(5,6)19(2,3)4)12-13-21-15-17-10-8-7-9-11-17;1-11(14)9-13(15)7-8-16-10-12-5-3-2-4-6-12/h7-11,18H,12-15H2,1-6H3;2-6,13,15H,7-10H2,1H3/t18-;13-/m11/s1. The lowest BCUT2D eigenvalue weighted by Gasteiger charge is -2.39. The average molecular weight is 559 g/mol. The van der Waals surface area contributed by atoms with Crippen LogP contribution in [0.1, 0.15) is 71.4 Å². The number of ether oxygens (including phenoxy) is 2. The minimum atomic E-state index is -1.87. The number of hydrogen-bond donors (Lipinski definition) is 1. The number of benzene rings is 2. The third kappa shape index (κ3) is 16.5. The van der Waals surface area contributed by atoms with E-state index in [1.165, 1.54) is 12.5 Å². The van der Waals surface area contributed by atoms with Crippen molar-refractivity contribution in [3.05, 3.63) is 71.8 Å². The summed E-state index contributed by atoms with van der Waals surface area (Å²) in [5.74, 6) is 0.187. The smallest absolute Gasteiger partial charge is 0.192 e. The number of ketones is 2. The van der Waals surface area contributed by atoms with Gasteiger partial charge in [0.2, 0.25) is 0 Å². The lowest BCUT2D eigenvalue weighted by atomic mass is 10.1. The van der Waals surface area contributed by atoms with Crippen molar-refractivity contribution in [2.24, 2.45) is 0 Å². The van der Waals surface area contributed by atoms with Gasteiger partial charge >= 0.3 is 0 Å². The van der Waals surface area contributed by atoms with E-state index in [1.54, 1.807) is 6.92 Å². The molecule has 0 fully saturated rings. The summed E-state index contributed by atoms with van der Waals surface area (Å²) in [4.78, 5) is 22.2. The van der Waals surface area contributed by atoms with Crippen LogP contribution in [0.4, 0.5) is 0 Å². The first kappa shape index (κ1) is 34.9. The summed E-state index contributed by atoms with van der Waals surface area (Å²) in [5, 5.41) is 9.56. The van der Waals surface area contributed by atoms with Gasteiger partial charge in [0.15, 0.2) is 8.32 Å². The molecule has 0 bridgehead atoms. The predicted molar refractivity (Wildman–Crippen MR) is 160 cm³/mol. The number of aliphatic hydroxyl groups is 1. The summed E-state index contributed by atoms with van der Waals surface area (Å²) in [5.41, 5.74) is 2.28. The zero-order chi connectivity index (χ0) is 29.3. The summed E-state index contributed by atoms with van der Waals surface area (Å²) in [6.45, 7) is 16.5. The first-order valence-corrected chi connectivity index (χ1v) is 16.8. The second kappa shape index (κ2) is 18.2. The highest BCUT2D eigenvalue weighted by Crippen LogP contribution is 2.38. The fourth-order valence-corrected chi connectivity index (χ4v) is 4.90. The summed E-state index contributed by atoms with van der Waals surface area (Å²) >= 11 is 0. The Morgan fingerprint density at radius 2 is 1.21 bits per heavy atom. The summed E-state index contributed by atoms with van der Waals surface area (Å²) < 4.78 is 17.6. The Balaban J connectivity index is 0.000000416. The Hall–Kier alpha value is -2.16. The predicted octanol–water partition coefficient (Wildman–Crippen LogP) is 6.90. The molecule has 218 valence electrons. The lowest BCUT2D eigenvalue weighted by Crippen LogP contribution is -2.44. The Morgan fingerprint density at radius 3 is 1.62 bits per heavy atom. The summed E-state index contributed by atoms with van der Waals surface area (Å²) in [6.07, 6.45) is 1.35. The SMILES string of the molecule is CC(=O)C[C@@H](CCOCc1ccccc1)O[Si](C)(C)C(C)(C)C.CC(=O)C[C@H](O)CCOCc1ccccc1. The summed E-state index contributed by atoms with van der Waals surface area (Å²) in [7, 11) is -1.87. The van der Waals surface area contributed by atoms with Crippen molar-refractivity contribution in [3.63, 3.8) is 0 Å². The van der Waals surface area contributed by atoms with Gasteiger partial charge in [-0.15, -0.1) is 0 Å². The van der Waals surface area contributed by atoms with Gasteiger partial charge < -0.3 is 19.0 Å². The van der Waals surface area contributed by atoms with Gasteiger partial charge in [0.25, 0.3) is 0 Å². The van der Waals surface area contributed by atoms with Gasteiger partial charge in [0, 0.05) is 26.1 Å². The molecule has 7 heteroatoms. The maximum Gasteiger partial charge on any atom is 0.192 e. The van der Waals surface area contributed by atoms with Crippen LogP contribution >= 0.6 is 0 Å². The molecule has 6 nitrogen and oxygen atoms in total. The minimum absolute atomic E-state index is 0.00978. The highest BCUT2D eigenvalue weighted by atomic mass is 28.4. The van der Waals surface area contributed by atoms with Crippen LogP contribution in [-0.4, -0.2) is 50.4 Å². The molecule has 0 spiro atoms. The maximum atomic E-state index is 11.5. The van der Waals surface area contributed by atoms with Crippen molar-refractivity contribution in [1.82, 2.24) is 0 Å². The van der Waals surface area contributed by atoms with E-state index in [4.69, 9.17) is 13.9 Å². The molecule has 0 heterocycles. The van der Waals surface area contributed by atoms with Gasteiger partial charge in [-0.3, -0.25) is 9.59 Å². The van der Waals surface area contributed by atoms with Crippen LogP contribution in [0.5, 0.6) is 0 Å². The maximum absolute atomic E-state index is 11.5. The molecular formula is C32H50O6Si. The number of carbonyl (C=O) groups excluding carboxylic acids is 2. The Labute approximate surface area is 237 Å². The first-order chi connectivity index (χ1) is 18.3. The van der Waals surface area contributed by atoms with Crippen LogP contribution in [-0.2, 0) is 36.7 Å².